The molecule has 36 heavy (non-hydrogen) atoms. The van der Waals surface area contributed by atoms with Gasteiger partial charge < -0.3 is 20.6 Å². The molecule has 3 aliphatic rings. The van der Waals surface area contributed by atoms with Crippen molar-refractivity contribution >= 4 is 17.7 Å². The Balaban J connectivity index is 1.13. The lowest BCUT2D eigenvalue weighted by molar-refractivity contribution is -0.138. The van der Waals surface area contributed by atoms with Crippen LogP contribution in [0.4, 0.5) is 5.82 Å². The molecule has 2 atom stereocenters. The average molecular weight is 491 g/mol. The fourth-order valence-electron chi connectivity index (χ4n) is 5.60. The van der Waals surface area contributed by atoms with Gasteiger partial charge in [0, 0.05) is 18.8 Å². The molecule has 0 unspecified atom stereocenters. The van der Waals surface area contributed by atoms with Gasteiger partial charge in [-0.05, 0) is 93.1 Å². The fourth-order valence-corrected chi connectivity index (χ4v) is 5.60. The number of anilines is 1. The highest BCUT2D eigenvalue weighted by Crippen LogP contribution is 2.40. The number of pyridine rings is 1. The van der Waals surface area contributed by atoms with Gasteiger partial charge in [0.2, 0.25) is 5.91 Å². The van der Waals surface area contributed by atoms with Crippen LogP contribution in [0.1, 0.15) is 79.3 Å². The van der Waals surface area contributed by atoms with E-state index in [0.29, 0.717) is 5.92 Å². The minimum atomic E-state index is -0.900. The lowest BCUT2D eigenvalue weighted by Gasteiger charge is -2.33. The maximum atomic E-state index is 13.2. The van der Waals surface area contributed by atoms with Crippen LogP contribution in [0.15, 0.2) is 36.4 Å². The van der Waals surface area contributed by atoms with Crippen LogP contribution < -0.4 is 10.6 Å². The van der Waals surface area contributed by atoms with Gasteiger partial charge in [0.15, 0.2) is 0 Å². The molecular weight excluding hydrogens is 452 g/mol. The monoisotopic (exact) mass is 490 g/mol. The largest absolute Gasteiger partial charge is 0.481 e. The third-order valence-corrected chi connectivity index (χ3v) is 7.82. The molecule has 2 aliphatic heterocycles. The lowest BCUT2D eigenvalue weighted by Crippen LogP contribution is -2.44. The highest BCUT2D eigenvalue weighted by Gasteiger charge is 2.29. The molecule has 7 nitrogen and oxygen atoms in total. The molecule has 3 N–H and O–H groups in total. The van der Waals surface area contributed by atoms with Crippen molar-refractivity contribution < 1.29 is 14.7 Å². The van der Waals surface area contributed by atoms with Crippen LogP contribution in [-0.4, -0.2) is 53.0 Å². The number of nitrogens with one attached hydrogen (secondary N) is 2. The zero-order valence-corrected chi connectivity index (χ0v) is 21.0. The average Bonchev–Trinajstić information content (AvgIpc) is 3.74. The van der Waals surface area contributed by atoms with Crippen LogP contribution in [-0.2, 0) is 22.4 Å². The van der Waals surface area contributed by atoms with Crippen LogP contribution in [0.2, 0.25) is 0 Å². The summed E-state index contributed by atoms with van der Waals surface area (Å²) in [4.78, 5) is 31.9. The summed E-state index contributed by atoms with van der Waals surface area (Å²) in [6.07, 6.45) is 8.40. The molecule has 1 aromatic carbocycles. The van der Waals surface area contributed by atoms with E-state index < -0.39 is 12.0 Å². The second-order valence-corrected chi connectivity index (χ2v) is 10.7. The predicted molar refractivity (Wildman–Crippen MR) is 140 cm³/mol. The summed E-state index contributed by atoms with van der Waals surface area (Å²) in [5, 5.41) is 15.9. The number of carbonyl (C=O) groups is 2. The molecule has 7 heteroatoms. The van der Waals surface area contributed by atoms with Crippen LogP contribution >= 0.6 is 0 Å². The Kier molecular flexibility index (Phi) is 7.85. The molecule has 1 saturated heterocycles. The number of hydrogen-bond acceptors (Lipinski definition) is 5. The van der Waals surface area contributed by atoms with Crippen molar-refractivity contribution in [3.05, 3.63) is 58.8 Å². The van der Waals surface area contributed by atoms with Crippen molar-refractivity contribution in [3.63, 3.8) is 0 Å². The molecule has 1 saturated carbocycles. The van der Waals surface area contributed by atoms with Gasteiger partial charge in [-0.25, -0.2) is 4.98 Å². The number of benzene rings is 1. The number of carboxylic acid groups (broad SMARTS) is 1. The van der Waals surface area contributed by atoms with Gasteiger partial charge in [-0.1, -0.05) is 30.3 Å². The molecular formula is C29H38N4O3. The van der Waals surface area contributed by atoms with Crippen molar-refractivity contribution in [1.82, 2.24) is 15.2 Å². The van der Waals surface area contributed by atoms with Crippen LogP contribution in [0, 0.1) is 5.92 Å². The second kappa shape index (κ2) is 11.4. The normalized spacial score (nSPS) is 20.7. The number of aliphatic carboxylic acids is 1. The van der Waals surface area contributed by atoms with Gasteiger partial charge in [-0.15, -0.1) is 0 Å². The number of carbonyl (C=O) groups excluding carboxylic acids is 1. The SMILES string of the molecule is O=C(O)C[C@H](NC(=O)[C@@H]1CCCN(CCCc2ccc3c(n2)NCCC3)C1)c1ccc(C2CC2)cc1. The fraction of sp³-hybridized carbons (Fsp3) is 0.552. The van der Waals surface area contributed by atoms with E-state index in [1.54, 1.807) is 0 Å². The molecule has 0 radical (unpaired) electrons. The molecule has 3 heterocycles. The summed E-state index contributed by atoms with van der Waals surface area (Å²) in [5.41, 5.74) is 4.62. The number of piperidine rings is 1. The Morgan fingerprint density at radius 2 is 1.94 bits per heavy atom. The van der Waals surface area contributed by atoms with E-state index in [0.717, 1.165) is 75.4 Å². The third-order valence-electron chi connectivity index (χ3n) is 7.82. The summed E-state index contributed by atoms with van der Waals surface area (Å²) in [6.45, 7) is 3.67. The molecule has 0 bridgehead atoms. The number of likely N-dealkylation sites (tertiary alicyclic amines) is 1. The maximum absolute atomic E-state index is 13.2. The summed E-state index contributed by atoms with van der Waals surface area (Å²) in [6, 6.07) is 12.0. The molecule has 5 rings (SSSR count). The topological polar surface area (TPSA) is 94.6 Å². The number of aromatic nitrogens is 1. The second-order valence-electron chi connectivity index (χ2n) is 10.7. The van der Waals surface area contributed by atoms with E-state index in [-0.39, 0.29) is 18.2 Å². The van der Waals surface area contributed by atoms with Gasteiger partial charge in [0.25, 0.3) is 0 Å². The first kappa shape index (κ1) is 24.8. The zero-order valence-electron chi connectivity index (χ0n) is 21.0. The first-order chi connectivity index (χ1) is 17.5. The van der Waals surface area contributed by atoms with E-state index in [1.165, 1.54) is 30.4 Å². The van der Waals surface area contributed by atoms with Gasteiger partial charge >= 0.3 is 5.97 Å². The van der Waals surface area contributed by atoms with E-state index in [2.05, 4.69) is 39.8 Å². The van der Waals surface area contributed by atoms with E-state index in [9.17, 15) is 14.7 Å². The van der Waals surface area contributed by atoms with Gasteiger partial charge in [0.1, 0.15) is 5.82 Å². The highest BCUT2D eigenvalue weighted by atomic mass is 16.4. The number of nitrogens with zero attached hydrogens (tertiary/aromatic N) is 2. The standard InChI is InChI=1S/C29H38N4O3/c34-27(35)18-26(22-11-9-21(10-12-22)20-7-8-20)32-29(36)24-5-2-16-33(19-24)17-3-6-25-14-13-23-4-1-15-30-28(23)31-25/h9-14,20,24,26H,1-8,15-19H2,(H,30,31)(H,32,36)(H,34,35)/t24-,26+/m1/s1. The predicted octanol–water partition coefficient (Wildman–Crippen LogP) is 4.29. The van der Waals surface area contributed by atoms with Crippen LogP contribution in [0.25, 0.3) is 0 Å². The highest BCUT2D eigenvalue weighted by molar-refractivity contribution is 5.80. The van der Waals surface area contributed by atoms with E-state index in [1.807, 2.05) is 12.1 Å². The first-order valence-corrected chi connectivity index (χ1v) is 13.6. The molecule has 1 aliphatic carbocycles. The van der Waals surface area contributed by atoms with Crippen LogP contribution in [0.5, 0.6) is 0 Å². The molecule has 1 amide bonds. The van der Waals surface area contributed by atoms with E-state index in [4.69, 9.17) is 4.98 Å². The molecule has 2 fully saturated rings. The van der Waals surface area contributed by atoms with Crippen molar-refractivity contribution in [1.29, 1.82) is 0 Å². The Labute approximate surface area is 213 Å². The van der Waals surface area contributed by atoms with Gasteiger partial charge in [0.05, 0.1) is 18.4 Å². The number of amides is 1. The molecule has 2 aromatic rings. The van der Waals surface area contributed by atoms with Crippen molar-refractivity contribution in [2.75, 3.05) is 31.5 Å². The molecule has 1 aromatic heterocycles. The maximum Gasteiger partial charge on any atom is 0.305 e. The smallest absolute Gasteiger partial charge is 0.305 e. The van der Waals surface area contributed by atoms with Crippen molar-refractivity contribution in [3.8, 4) is 0 Å². The van der Waals surface area contributed by atoms with Gasteiger partial charge in [-0.3, -0.25) is 9.59 Å². The number of aryl methyl sites for hydroxylation is 2. The summed E-state index contributed by atoms with van der Waals surface area (Å²) in [7, 11) is 0. The Morgan fingerprint density at radius 3 is 2.72 bits per heavy atom. The number of rotatable bonds is 10. The minimum absolute atomic E-state index is 0.0281. The Morgan fingerprint density at radius 1 is 1.11 bits per heavy atom. The molecule has 192 valence electrons. The number of carboxylic acids is 1. The van der Waals surface area contributed by atoms with E-state index >= 15 is 0 Å². The lowest BCUT2D eigenvalue weighted by atomic mass is 9.95. The summed E-state index contributed by atoms with van der Waals surface area (Å²) >= 11 is 0. The minimum Gasteiger partial charge on any atom is -0.481 e. The molecule has 0 spiro atoms. The Bertz CT molecular complexity index is 1070. The van der Waals surface area contributed by atoms with Crippen molar-refractivity contribution in [2.24, 2.45) is 5.92 Å². The number of fused-ring (bicyclic) bond motifs is 1. The zero-order chi connectivity index (χ0) is 24.9. The summed E-state index contributed by atoms with van der Waals surface area (Å²) < 4.78 is 0. The van der Waals surface area contributed by atoms with Crippen molar-refractivity contribution in [2.45, 2.75) is 69.7 Å². The Hall–Kier alpha value is -2.93. The first-order valence-electron chi connectivity index (χ1n) is 13.6. The van der Waals surface area contributed by atoms with Gasteiger partial charge in [-0.2, -0.15) is 0 Å². The number of hydrogen-bond donors (Lipinski definition) is 3. The quantitative estimate of drug-likeness (QED) is 0.460. The third kappa shape index (κ3) is 6.44. The summed E-state index contributed by atoms with van der Waals surface area (Å²) in [5.74, 6) is 0.667. The van der Waals surface area contributed by atoms with Crippen LogP contribution in [0.3, 0.4) is 0 Å².